The predicted octanol–water partition coefficient (Wildman–Crippen LogP) is 2.39. The van der Waals surface area contributed by atoms with Gasteiger partial charge in [-0.1, -0.05) is 29.8 Å². The summed E-state index contributed by atoms with van der Waals surface area (Å²) in [6, 6.07) is 1.74. The summed E-state index contributed by atoms with van der Waals surface area (Å²) in [6.45, 7) is 3.56. The van der Waals surface area contributed by atoms with E-state index in [1.165, 1.54) is 11.8 Å². The van der Waals surface area contributed by atoms with E-state index in [0.29, 0.717) is 5.03 Å². The Hall–Kier alpha value is -0.630. The Morgan fingerprint density at radius 1 is 1.62 bits per heavy atom. The molecule has 0 amide bonds. The maximum absolute atomic E-state index is 8.58. The van der Waals surface area contributed by atoms with E-state index in [4.69, 9.17) is 34.2 Å². The first-order chi connectivity index (χ1) is 6.02. The lowest BCUT2D eigenvalue weighted by atomic mass is 10.3. The number of hydrogen-bond acceptors (Lipinski definition) is 4. The van der Waals surface area contributed by atoms with Gasteiger partial charge < -0.3 is 5.73 Å². The van der Waals surface area contributed by atoms with E-state index in [1.54, 1.807) is 12.3 Å². The normalized spacial score (nSPS) is 13.2. The zero-order valence-corrected chi connectivity index (χ0v) is 9.17. The minimum Gasteiger partial charge on any atom is -0.388 e. The molecule has 0 saturated heterocycles. The highest BCUT2D eigenvalue weighted by molar-refractivity contribution is 8.02. The number of nitrogens with two attached hydrogens (primary N) is 1. The van der Waals surface area contributed by atoms with E-state index < -0.39 is 0 Å². The van der Waals surface area contributed by atoms with Gasteiger partial charge in [-0.25, -0.2) is 4.99 Å². The van der Waals surface area contributed by atoms with Crippen LogP contribution in [0.3, 0.4) is 0 Å². The Labute approximate surface area is 90.9 Å². The Bertz CT molecular complexity index is 310. The summed E-state index contributed by atoms with van der Waals surface area (Å²) < 4.78 is 0. The first-order valence-electron chi connectivity index (χ1n) is 3.05. The molecule has 0 fully saturated rings. The van der Waals surface area contributed by atoms with Gasteiger partial charge in [-0.05, 0) is 6.26 Å². The van der Waals surface area contributed by atoms with Crippen LogP contribution < -0.4 is 5.73 Å². The number of thioether (sulfide) groups is 1. The molecule has 0 bridgehead atoms. The molecule has 0 spiro atoms. The second-order valence-corrected chi connectivity index (χ2v) is 3.48. The van der Waals surface area contributed by atoms with Crippen LogP contribution in [0.5, 0.6) is 0 Å². The summed E-state index contributed by atoms with van der Waals surface area (Å²) >= 11 is 12.4. The maximum Gasteiger partial charge on any atom is 0.151 e. The Morgan fingerprint density at radius 3 is 2.46 bits per heavy atom. The summed E-state index contributed by atoms with van der Waals surface area (Å²) in [5.41, 5.74) is 5.14. The number of halogens is 2. The molecule has 0 radical (unpaired) electrons. The lowest BCUT2D eigenvalue weighted by Crippen LogP contribution is -2.01. The second-order valence-electron chi connectivity index (χ2n) is 1.84. The van der Waals surface area contributed by atoms with Gasteiger partial charge in [0.05, 0.1) is 5.03 Å². The number of nitrogens with zero attached hydrogens (tertiary/aromatic N) is 2. The smallest absolute Gasteiger partial charge is 0.151 e. The molecular formula is C7H7Cl2N3S. The van der Waals surface area contributed by atoms with Crippen LogP contribution in [0.25, 0.3) is 0 Å². The van der Waals surface area contributed by atoms with Gasteiger partial charge >= 0.3 is 0 Å². The summed E-state index contributed by atoms with van der Waals surface area (Å²) in [7, 11) is 0. The van der Waals surface area contributed by atoms with Gasteiger partial charge in [0, 0.05) is 0 Å². The molecule has 0 aromatic heterocycles. The van der Waals surface area contributed by atoms with E-state index in [1.807, 2.05) is 0 Å². The Balaban J connectivity index is 4.90. The monoisotopic (exact) mass is 235 g/mol. The molecule has 0 aliphatic heterocycles. The standard InChI is InChI=1S/C7H7Cl2N3S/c1-4(13-2)12-7(9)5(3-10)6(8)11/h1,11H2,2H3/b6-5-,12-7+. The molecule has 0 aliphatic carbocycles. The molecule has 3 nitrogen and oxygen atoms in total. The van der Waals surface area contributed by atoms with Crippen LogP contribution in [0.1, 0.15) is 0 Å². The molecule has 13 heavy (non-hydrogen) atoms. The second kappa shape index (κ2) is 5.92. The van der Waals surface area contributed by atoms with E-state index >= 15 is 0 Å². The fourth-order valence-electron chi connectivity index (χ4n) is 0.409. The van der Waals surface area contributed by atoms with E-state index in [2.05, 4.69) is 11.6 Å². The summed E-state index contributed by atoms with van der Waals surface area (Å²) in [6.07, 6.45) is 1.79. The highest BCUT2D eigenvalue weighted by atomic mass is 35.5. The lowest BCUT2D eigenvalue weighted by molar-refractivity contribution is 1.44. The predicted molar refractivity (Wildman–Crippen MR) is 58.6 cm³/mol. The molecule has 0 aromatic rings. The molecular weight excluding hydrogens is 229 g/mol. The van der Waals surface area contributed by atoms with Crippen molar-refractivity contribution < 1.29 is 0 Å². The van der Waals surface area contributed by atoms with Crippen molar-refractivity contribution in [3.8, 4) is 6.07 Å². The van der Waals surface area contributed by atoms with Crippen molar-refractivity contribution in [2.24, 2.45) is 10.7 Å². The minimum absolute atomic E-state index is 0.0430. The first-order valence-corrected chi connectivity index (χ1v) is 5.03. The van der Waals surface area contributed by atoms with Crippen molar-refractivity contribution in [1.29, 1.82) is 5.26 Å². The number of rotatable bonds is 3. The average Bonchev–Trinajstić information content (AvgIpc) is 2.04. The van der Waals surface area contributed by atoms with Gasteiger partial charge in [-0.15, -0.1) is 11.8 Å². The molecule has 0 unspecified atom stereocenters. The van der Waals surface area contributed by atoms with Crippen molar-refractivity contribution in [1.82, 2.24) is 0 Å². The zero-order chi connectivity index (χ0) is 10.4. The van der Waals surface area contributed by atoms with Gasteiger partial charge in [-0.3, -0.25) is 0 Å². The van der Waals surface area contributed by atoms with Gasteiger partial charge in [-0.2, -0.15) is 5.26 Å². The number of allylic oxidation sites excluding steroid dienone is 1. The van der Waals surface area contributed by atoms with Gasteiger partial charge in [0.1, 0.15) is 16.8 Å². The third-order valence-corrected chi connectivity index (χ3v) is 2.04. The van der Waals surface area contributed by atoms with Crippen LogP contribution in [0.15, 0.2) is 27.3 Å². The molecule has 0 aromatic carbocycles. The van der Waals surface area contributed by atoms with Gasteiger partial charge in [0.15, 0.2) is 5.17 Å². The quantitative estimate of drug-likeness (QED) is 0.465. The molecule has 0 aliphatic rings. The largest absolute Gasteiger partial charge is 0.388 e. The summed E-state index contributed by atoms with van der Waals surface area (Å²) in [5, 5.41) is 8.84. The van der Waals surface area contributed by atoms with E-state index in [-0.39, 0.29) is 15.9 Å². The molecule has 0 rings (SSSR count). The fourth-order valence-corrected chi connectivity index (χ4v) is 1.07. The van der Waals surface area contributed by atoms with Crippen molar-refractivity contribution in [2.75, 3.05) is 6.26 Å². The molecule has 6 heteroatoms. The number of aliphatic imine (C=N–C) groups is 1. The highest BCUT2D eigenvalue weighted by Gasteiger charge is 2.07. The minimum atomic E-state index is -0.176. The van der Waals surface area contributed by atoms with Crippen LogP contribution >= 0.6 is 35.0 Å². The Morgan fingerprint density at radius 2 is 2.15 bits per heavy atom. The molecule has 2 N–H and O–H groups in total. The van der Waals surface area contributed by atoms with E-state index in [0.717, 1.165) is 0 Å². The van der Waals surface area contributed by atoms with Gasteiger partial charge in [0.25, 0.3) is 0 Å². The SMILES string of the molecule is C=C(/N=C(Cl)\C(C#N)=C(/N)Cl)SC. The van der Waals surface area contributed by atoms with Crippen LogP contribution in [0.4, 0.5) is 0 Å². The van der Waals surface area contributed by atoms with Gasteiger partial charge in [0.2, 0.25) is 0 Å². The topological polar surface area (TPSA) is 62.2 Å². The highest BCUT2D eigenvalue weighted by Crippen LogP contribution is 2.15. The number of nitriles is 1. The lowest BCUT2D eigenvalue weighted by Gasteiger charge is -1.97. The summed E-state index contributed by atoms with van der Waals surface area (Å²) in [5.74, 6) is 0. The Kier molecular flexibility index (Phi) is 5.63. The van der Waals surface area contributed by atoms with Crippen LogP contribution in [-0.4, -0.2) is 11.4 Å². The van der Waals surface area contributed by atoms with Crippen molar-refractivity contribution in [3.63, 3.8) is 0 Å². The van der Waals surface area contributed by atoms with Crippen LogP contribution in [0, 0.1) is 11.3 Å². The first kappa shape index (κ1) is 12.4. The average molecular weight is 236 g/mol. The van der Waals surface area contributed by atoms with Crippen LogP contribution in [-0.2, 0) is 0 Å². The maximum atomic E-state index is 8.58. The zero-order valence-electron chi connectivity index (χ0n) is 6.84. The number of hydrogen-bond donors (Lipinski definition) is 1. The third-order valence-electron chi connectivity index (χ3n) is 1.02. The molecule has 0 saturated carbocycles. The summed E-state index contributed by atoms with van der Waals surface area (Å²) in [4.78, 5) is 3.79. The van der Waals surface area contributed by atoms with Crippen molar-refractivity contribution >= 4 is 40.1 Å². The van der Waals surface area contributed by atoms with Crippen LogP contribution in [0.2, 0.25) is 0 Å². The molecule has 0 heterocycles. The van der Waals surface area contributed by atoms with Crippen molar-refractivity contribution in [2.45, 2.75) is 0 Å². The fraction of sp³-hybridized carbons (Fsp3) is 0.143. The van der Waals surface area contributed by atoms with E-state index in [9.17, 15) is 0 Å². The molecule has 70 valence electrons. The van der Waals surface area contributed by atoms with Crippen molar-refractivity contribution in [3.05, 3.63) is 22.3 Å². The molecule has 0 atom stereocenters. The third kappa shape index (κ3) is 4.23.